The molecule has 0 bridgehead atoms. The molecule has 0 saturated heterocycles. The number of carbonyl (C=O) groups excluding carboxylic acids is 1. The van der Waals surface area contributed by atoms with Crippen molar-refractivity contribution >= 4 is 5.97 Å². The molecule has 0 aromatic carbocycles. The Morgan fingerprint density at radius 1 is 1.00 bits per heavy atom. The van der Waals surface area contributed by atoms with Gasteiger partial charge in [-0.2, -0.15) is 0 Å². The first-order chi connectivity index (χ1) is 13.3. The predicted octanol–water partition coefficient (Wildman–Crippen LogP) is 6.01. The van der Waals surface area contributed by atoms with E-state index in [4.69, 9.17) is 9.47 Å². The Balaban J connectivity index is 1.81. The molecule has 1 aromatic heterocycles. The summed E-state index contributed by atoms with van der Waals surface area (Å²) in [6, 6.07) is 3.76. The van der Waals surface area contributed by atoms with Crippen molar-refractivity contribution in [3.63, 3.8) is 0 Å². The smallest absolute Gasteiger partial charge is 0.306 e. The Morgan fingerprint density at radius 2 is 1.70 bits per heavy atom. The van der Waals surface area contributed by atoms with Gasteiger partial charge in [0.1, 0.15) is 6.61 Å². The highest BCUT2D eigenvalue weighted by Crippen LogP contribution is 2.10. The number of hydrogen-bond donors (Lipinski definition) is 0. The molecule has 0 spiro atoms. The van der Waals surface area contributed by atoms with Crippen LogP contribution in [0.5, 0.6) is 0 Å². The lowest BCUT2D eigenvalue weighted by Gasteiger charge is -2.04. The summed E-state index contributed by atoms with van der Waals surface area (Å²) in [6.45, 7) is 4.09. The summed E-state index contributed by atoms with van der Waals surface area (Å²) in [4.78, 5) is 15.7. The molecule has 1 aromatic rings. The summed E-state index contributed by atoms with van der Waals surface area (Å²) in [5.41, 5.74) is 0.936. The third-order valence-electron chi connectivity index (χ3n) is 4.40. The van der Waals surface area contributed by atoms with Crippen LogP contribution in [0, 0.1) is 0 Å². The van der Waals surface area contributed by atoms with E-state index >= 15 is 0 Å². The van der Waals surface area contributed by atoms with Gasteiger partial charge in [0.15, 0.2) is 0 Å². The van der Waals surface area contributed by atoms with Crippen LogP contribution in [0.4, 0.5) is 0 Å². The molecular weight excluding hydrogens is 338 g/mol. The standard InChI is InChI=1S/C23H37NO3/c1-2-26-19-14-12-10-8-6-4-3-5-7-9-11-13-17-23(25)27-21-22-16-15-18-24-20-22/h6,8,15-16,18,20H,2-5,7,9-14,17,19,21H2,1H3/b8-6-. The van der Waals surface area contributed by atoms with E-state index in [0.29, 0.717) is 13.0 Å². The minimum Gasteiger partial charge on any atom is -0.461 e. The number of allylic oxidation sites excluding steroid dienone is 2. The zero-order valence-electron chi connectivity index (χ0n) is 17.0. The second-order valence-electron chi connectivity index (χ2n) is 6.85. The lowest BCUT2D eigenvalue weighted by molar-refractivity contribution is -0.145. The number of rotatable bonds is 17. The van der Waals surface area contributed by atoms with Gasteiger partial charge in [-0.05, 0) is 51.5 Å². The first-order valence-corrected chi connectivity index (χ1v) is 10.6. The van der Waals surface area contributed by atoms with Crippen molar-refractivity contribution in [2.24, 2.45) is 0 Å². The topological polar surface area (TPSA) is 48.4 Å². The summed E-state index contributed by atoms with van der Waals surface area (Å²) in [5, 5.41) is 0. The minimum absolute atomic E-state index is 0.106. The largest absolute Gasteiger partial charge is 0.461 e. The van der Waals surface area contributed by atoms with E-state index in [-0.39, 0.29) is 5.97 Å². The highest BCUT2D eigenvalue weighted by atomic mass is 16.5. The third-order valence-corrected chi connectivity index (χ3v) is 4.40. The normalized spacial score (nSPS) is 11.1. The fourth-order valence-electron chi connectivity index (χ4n) is 2.80. The van der Waals surface area contributed by atoms with Gasteiger partial charge in [0.05, 0.1) is 0 Å². The Morgan fingerprint density at radius 3 is 2.41 bits per heavy atom. The molecule has 0 aliphatic rings. The summed E-state index contributed by atoms with van der Waals surface area (Å²) < 4.78 is 10.6. The quantitative estimate of drug-likeness (QED) is 0.190. The third kappa shape index (κ3) is 15.1. The molecule has 0 atom stereocenters. The van der Waals surface area contributed by atoms with Gasteiger partial charge in [0.25, 0.3) is 0 Å². The van der Waals surface area contributed by atoms with Crippen LogP contribution in [-0.2, 0) is 20.9 Å². The fourth-order valence-corrected chi connectivity index (χ4v) is 2.80. The molecule has 0 unspecified atom stereocenters. The van der Waals surface area contributed by atoms with E-state index in [1.807, 2.05) is 19.1 Å². The van der Waals surface area contributed by atoms with Crippen molar-refractivity contribution in [2.75, 3.05) is 13.2 Å². The molecule has 1 rings (SSSR count). The maximum absolute atomic E-state index is 11.7. The van der Waals surface area contributed by atoms with Gasteiger partial charge in [-0.25, -0.2) is 0 Å². The second kappa shape index (κ2) is 17.7. The van der Waals surface area contributed by atoms with Crippen LogP contribution in [0.1, 0.15) is 83.1 Å². The Hall–Kier alpha value is -1.68. The monoisotopic (exact) mass is 375 g/mol. The van der Waals surface area contributed by atoms with Crippen LogP contribution in [0.15, 0.2) is 36.7 Å². The number of carbonyl (C=O) groups is 1. The zero-order chi connectivity index (χ0) is 19.4. The molecule has 0 fully saturated rings. The van der Waals surface area contributed by atoms with Crippen LogP contribution >= 0.6 is 0 Å². The first-order valence-electron chi connectivity index (χ1n) is 10.6. The number of aromatic nitrogens is 1. The average molecular weight is 376 g/mol. The van der Waals surface area contributed by atoms with Crippen LogP contribution < -0.4 is 0 Å². The van der Waals surface area contributed by atoms with Crippen molar-refractivity contribution in [3.8, 4) is 0 Å². The van der Waals surface area contributed by atoms with E-state index in [1.54, 1.807) is 12.4 Å². The van der Waals surface area contributed by atoms with Gasteiger partial charge < -0.3 is 9.47 Å². The molecule has 1 heterocycles. The van der Waals surface area contributed by atoms with Gasteiger partial charge in [0, 0.05) is 37.6 Å². The Bertz CT molecular complexity index is 488. The molecule has 0 saturated carbocycles. The van der Waals surface area contributed by atoms with Crippen molar-refractivity contribution in [1.29, 1.82) is 0 Å². The maximum Gasteiger partial charge on any atom is 0.306 e. The molecule has 0 aliphatic carbocycles. The molecule has 0 radical (unpaired) electrons. The molecule has 4 nitrogen and oxygen atoms in total. The van der Waals surface area contributed by atoms with Crippen LogP contribution in [0.3, 0.4) is 0 Å². The summed E-state index contributed by atoms with van der Waals surface area (Å²) >= 11 is 0. The predicted molar refractivity (Wildman–Crippen MR) is 110 cm³/mol. The van der Waals surface area contributed by atoms with Crippen molar-refractivity contribution in [3.05, 3.63) is 42.2 Å². The zero-order valence-corrected chi connectivity index (χ0v) is 17.0. The number of hydrogen-bond acceptors (Lipinski definition) is 4. The lowest BCUT2D eigenvalue weighted by atomic mass is 10.1. The Kier molecular flexibility index (Phi) is 15.3. The Labute approximate surface area is 165 Å². The second-order valence-corrected chi connectivity index (χ2v) is 6.85. The molecule has 27 heavy (non-hydrogen) atoms. The van der Waals surface area contributed by atoms with Crippen LogP contribution in [-0.4, -0.2) is 24.2 Å². The number of pyridine rings is 1. The summed E-state index contributed by atoms with van der Waals surface area (Å²) in [5.74, 6) is -0.106. The number of ether oxygens (including phenoxy) is 2. The van der Waals surface area contributed by atoms with Crippen LogP contribution in [0.25, 0.3) is 0 Å². The fraction of sp³-hybridized carbons (Fsp3) is 0.652. The highest BCUT2D eigenvalue weighted by molar-refractivity contribution is 5.69. The number of unbranched alkanes of at least 4 members (excludes halogenated alkanes) is 8. The van der Waals surface area contributed by atoms with Gasteiger partial charge in [0.2, 0.25) is 0 Å². The van der Waals surface area contributed by atoms with E-state index in [1.165, 1.54) is 44.9 Å². The molecular formula is C23H37NO3. The number of esters is 1. The lowest BCUT2D eigenvalue weighted by Crippen LogP contribution is -2.04. The molecule has 0 N–H and O–H groups in total. The van der Waals surface area contributed by atoms with Gasteiger partial charge in [-0.3, -0.25) is 9.78 Å². The summed E-state index contributed by atoms with van der Waals surface area (Å²) in [7, 11) is 0. The van der Waals surface area contributed by atoms with Gasteiger partial charge >= 0.3 is 5.97 Å². The average Bonchev–Trinajstić information content (AvgIpc) is 2.70. The molecule has 0 amide bonds. The van der Waals surface area contributed by atoms with E-state index < -0.39 is 0 Å². The molecule has 4 heteroatoms. The molecule has 0 aliphatic heterocycles. The maximum atomic E-state index is 11.7. The molecule has 152 valence electrons. The van der Waals surface area contributed by atoms with Crippen molar-refractivity contribution in [1.82, 2.24) is 4.98 Å². The minimum atomic E-state index is -0.106. The van der Waals surface area contributed by atoms with Crippen molar-refractivity contribution in [2.45, 2.75) is 84.2 Å². The van der Waals surface area contributed by atoms with Gasteiger partial charge in [-0.15, -0.1) is 0 Å². The van der Waals surface area contributed by atoms with Crippen LogP contribution in [0.2, 0.25) is 0 Å². The summed E-state index contributed by atoms with van der Waals surface area (Å²) in [6.07, 6.45) is 20.4. The van der Waals surface area contributed by atoms with Gasteiger partial charge in [-0.1, -0.05) is 43.9 Å². The van der Waals surface area contributed by atoms with Crippen molar-refractivity contribution < 1.29 is 14.3 Å². The number of nitrogens with zero attached hydrogens (tertiary/aromatic N) is 1. The highest BCUT2D eigenvalue weighted by Gasteiger charge is 2.03. The van der Waals surface area contributed by atoms with E-state index in [9.17, 15) is 4.79 Å². The van der Waals surface area contributed by atoms with E-state index in [2.05, 4.69) is 17.1 Å². The first kappa shape index (κ1) is 23.4. The van der Waals surface area contributed by atoms with E-state index in [0.717, 1.165) is 38.0 Å². The SMILES string of the molecule is CCOCCCC/C=C\CCCCCCCCC(=O)OCc1cccnc1.